The molecule has 1 fully saturated rings. The number of nitrogens with zero attached hydrogens (tertiary/aromatic N) is 2. The van der Waals surface area contributed by atoms with Gasteiger partial charge in [0.2, 0.25) is 0 Å². The monoisotopic (exact) mass is 486 g/mol. The van der Waals surface area contributed by atoms with Gasteiger partial charge in [-0.2, -0.15) is 18.3 Å². The normalized spacial score (nSPS) is 14.3. The molecule has 3 rings (SSSR count). The van der Waals surface area contributed by atoms with Crippen molar-refractivity contribution in [2.45, 2.75) is 38.8 Å². The molecule has 2 aromatic rings. The molecular weight excluding hydrogens is 460 g/mol. The quantitative estimate of drug-likeness (QED) is 0.573. The van der Waals surface area contributed by atoms with Crippen LogP contribution in [0.5, 0.6) is 0 Å². The second kappa shape index (κ2) is 11.7. The number of hydrogen-bond acceptors (Lipinski definition) is 5. The van der Waals surface area contributed by atoms with Crippen molar-refractivity contribution in [3.8, 4) is 0 Å². The third-order valence-corrected chi connectivity index (χ3v) is 5.02. The number of rotatable bonds is 4. The van der Waals surface area contributed by atoms with Crippen LogP contribution in [0.2, 0.25) is 0 Å². The van der Waals surface area contributed by atoms with Gasteiger partial charge in [-0.1, -0.05) is 19.9 Å². The zero-order valence-corrected chi connectivity index (χ0v) is 18.7. The summed E-state index contributed by atoms with van der Waals surface area (Å²) in [5, 5.41) is 17.0. The molecule has 0 bridgehead atoms. The van der Waals surface area contributed by atoms with Crippen molar-refractivity contribution in [1.29, 1.82) is 0 Å². The van der Waals surface area contributed by atoms with E-state index in [-0.39, 0.29) is 22.9 Å². The molecule has 1 aromatic heterocycles. The fraction of sp³-hybridized carbons (Fsp3) is 0.455. The van der Waals surface area contributed by atoms with Gasteiger partial charge in [-0.25, -0.2) is 14.3 Å². The van der Waals surface area contributed by atoms with Crippen molar-refractivity contribution >= 4 is 11.9 Å². The first kappa shape index (κ1) is 27.0. The minimum Gasteiger partial charge on any atom is -0.475 e. The van der Waals surface area contributed by atoms with Crippen LogP contribution in [0, 0.1) is 5.82 Å². The van der Waals surface area contributed by atoms with Gasteiger partial charge in [-0.05, 0) is 42.6 Å². The lowest BCUT2D eigenvalue weighted by Gasteiger charge is -2.20. The molecule has 0 atom stereocenters. The number of benzene rings is 1. The Kier molecular flexibility index (Phi) is 9.30. The van der Waals surface area contributed by atoms with E-state index in [0.717, 1.165) is 18.5 Å². The Bertz CT molecular complexity index is 1060. The molecule has 0 radical (unpaired) electrons. The smallest absolute Gasteiger partial charge is 0.475 e. The molecule has 0 unspecified atom stereocenters. The Hall–Kier alpha value is -3.28. The summed E-state index contributed by atoms with van der Waals surface area (Å²) < 4.78 is 46.0. The van der Waals surface area contributed by atoms with Gasteiger partial charge in [0.05, 0.1) is 11.3 Å². The number of carboxylic acids is 1. The van der Waals surface area contributed by atoms with Crippen molar-refractivity contribution in [2.75, 3.05) is 26.2 Å². The SMILES string of the molecule is CC(C)c1cc(Cc2ccc(F)c(C(=O)N3CCCNCC3)c2)n[nH]c1=O.O=C(O)C(F)(F)F. The van der Waals surface area contributed by atoms with Gasteiger partial charge in [-0.15, -0.1) is 0 Å². The fourth-order valence-electron chi connectivity index (χ4n) is 3.26. The molecule has 0 spiro atoms. The van der Waals surface area contributed by atoms with Gasteiger partial charge >= 0.3 is 12.1 Å². The number of carbonyl (C=O) groups excluding carboxylic acids is 1. The average molecular weight is 486 g/mol. The number of nitrogens with one attached hydrogen (secondary N) is 2. The summed E-state index contributed by atoms with van der Waals surface area (Å²) in [5.74, 6) is -3.47. The summed E-state index contributed by atoms with van der Waals surface area (Å²) >= 11 is 0. The summed E-state index contributed by atoms with van der Waals surface area (Å²) in [7, 11) is 0. The highest BCUT2D eigenvalue weighted by Crippen LogP contribution is 2.18. The predicted octanol–water partition coefficient (Wildman–Crippen LogP) is 2.69. The Morgan fingerprint density at radius 3 is 2.47 bits per heavy atom. The van der Waals surface area contributed by atoms with Crippen LogP contribution in [-0.2, 0) is 11.2 Å². The second-order valence-corrected chi connectivity index (χ2v) is 7.99. The van der Waals surface area contributed by atoms with E-state index in [1.165, 1.54) is 6.07 Å². The first-order valence-electron chi connectivity index (χ1n) is 10.6. The Morgan fingerprint density at radius 1 is 1.18 bits per heavy atom. The van der Waals surface area contributed by atoms with E-state index in [4.69, 9.17) is 9.90 Å². The number of aromatic nitrogens is 2. The fourth-order valence-corrected chi connectivity index (χ4v) is 3.26. The van der Waals surface area contributed by atoms with Crippen LogP contribution in [0.15, 0.2) is 29.1 Å². The van der Waals surface area contributed by atoms with E-state index >= 15 is 0 Å². The molecule has 8 nitrogen and oxygen atoms in total. The zero-order valence-electron chi connectivity index (χ0n) is 18.7. The molecule has 186 valence electrons. The maximum Gasteiger partial charge on any atom is 0.490 e. The summed E-state index contributed by atoms with van der Waals surface area (Å²) in [5.41, 5.74) is 2.01. The molecule has 1 aliphatic heterocycles. The topological polar surface area (TPSA) is 115 Å². The Balaban J connectivity index is 0.000000509. The Labute approximate surface area is 193 Å². The first-order chi connectivity index (χ1) is 15.9. The second-order valence-electron chi connectivity index (χ2n) is 7.99. The number of alkyl halides is 3. The van der Waals surface area contributed by atoms with Gasteiger partial charge < -0.3 is 15.3 Å². The summed E-state index contributed by atoms with van der Waals surface area (Å²) in [6, 6.07) is 6.35. The number of carboxylic acid groups (broad SMARTS) is 1. The highest BCUT2D eigenvalue weighted by Gasteiger charge is 2.38. The highest BCUT2D eigenvalue weighted by molar-refractivity contribution is 5.94. The zero-order chi connectivity index (χ0) is 25.5. The van der Waals surface area contributed by atoms with E-state index in [1.54, 1.807) is 23.1 Å². The maximum atomic E-state index is 14.3. The van der Waals surface area contributed by atoms with Crippen LogP contribution in [-0.4, -0.2) is 64.4 Å². The molecule has 0 saturated carbocycles. The molecule has 1 aromatic carbocycles. The molecule has 1 amide bonds. The molecule has 12 heteroatoms. The van der Waals surface area contributed by atoms with Crippen LogP contribution < -0.4 is 10.9 Å². The lowest BCUT2D eigenvalue weighted by atomic mass is 10.0. The van der Waals surface area contributed by atoms with Gasteiger partial charge in [0.15, 0.2) is 0 Å². The third kappa shape index (κ3) is 7.65. The van der Waals surface area contributed by atoms with E-state index in [0.29, 0.717) is 37.3 Å². The average Bonchev–Trinajstić information content (AvgIpc) is 3.05. The number of carbonyl (C=O) groups is 2. The maximum absolute atomic E-state index is 14.3. The molecular formula is C22H26F4N4O4. The first-order valence-corrected chi connectivity index (χ1v) is 10.6. The number of aromatic amines is 1. The molecule has 0 aliphatic carbocycles. The Morgan fingerprint density at radius 2 is 1.85 bits per heavy atom. The number of hydrogen-bond donors (Lipinski definition) is 3. The highest BCUT2D eigenvalue weighted by atomic mass is 19.4. The van der Waals surface area contributed by atoms with Crippen molar-refractivity contribution in [2.24, 2.45) is 0 Å². The largest absolute Gasteiger partial charge is 0.490 e. The van der Waals surface area contributed by atoms with Gasteiger partial charge in [0.1, 0.15) is 5.82 Å². The molecule has 1 saturated heterocycles. The van der Waals surface area contributed by atoms with E-state index in [2.05, 4.69) is 15.5 Å². The number of H-pyrrole nitrogens is 1. The lowest BCUT2D eigenvalue weighted by molar-refractivity contribution is -0.192. The summed E-state index contributed by atoms with van der Waals surface area (Å²) in [6.45, 7) is 6.66. The molecule has 1 aliphatic rings. The van der Waals surface area contributed by atoms with Gasteiger partial charge in [0, 0.05) is 31.6 Å². The van der Waals surface area contributed by atoms with Crippen molar-refractivity contribution in [1.82, 2.24) is 20.4 Å². The van der Waals surface area contributed by atoms with Gasteiger partial charge in [-0.3, -0.25) is 9.59 Å². The predicted molar refractivity (Wildman–Crippen MR) is 115 cm³/mol. The van der Waals surface area contributed by atoms with E-state index in [9.17, 15) is 27.2 Å². The van der Waals surface area contributed by atoms with Crippen LogP contribution in [0.3, 0.4) is 0 Å². The molecule has 2 heterocycles. The lowest BCUT2D eigenvalue weighted by Crippen LogP contribution is -2.34. The molecule has 3 N–H and O–H groups in total. The standard InChI is InChI=1S/C20H25FN4O2.C2HF3O2/c1-13(2)16-12-15(23-24-19(16)26)10-14-4-5-18(21)17(11-14)20(27)25-8-3-6-22-7-9-25;3-2(4,5)1(6)7/h4-5,11-13,22H,3,6-10H2,1-2H3,(H,24,26);(H,6,7). The van der Waals surface area contributed by atoms with Crippen molar-refractivity contribution < 1.29 is 32.3 Å². The number of halogens is 4. The van der Waals surface area contributed by atoms with Crippen LogP contribution in [0.1, 0.15) is 53.4 Å². The van der Waals surface area contributed by atoms with E-state index in [1.807, 2.05) is 13.8 Å². The number of amides is 1. The van der Waals surface area contributed by atoms with Gasteiger partial charge in [0.25, 0.3) is 11.5 Å². The van der Waals surface area contributed by atoms with Crippen molar-refractivity contribution in [3.05, 3.63) is 62.8 Å². The third-order valence-electron chi connectivity index (χ3n) is 5.02. The van der Waals surface area contributed by atoms with E-state index < -0.39 is 18.0 Å². The van der Waals surface area contributed by atoms with Crippen LogP contribution >= 0.6 is 0 Å². The number of aliphatic carboxylic acids is 1. The summed E-state index contributed by atoms with van der Waals surface area (Å²) in [6.07, 6.45) is -3.81. The minimum atomic E-state index is -5.08. The van der Waals surface area contributed by atoms with Crippen LogP contribution in [0.4, 0.5) is 17.6 Å². The minimum absolute atomic E-state index is 0.0810. The van der Waals surface area contributed by atoms with Crippen LogP contribution in [0.25, 0.3) is 0 Å². The molecule has 34 heavy (non-hydrogen) atoms. The van der Waals surface area contributed by atoms with Crippen molar-refractivity contribution in [3.63, 3.8) is 0 Å². The summed E-state index contributed by atoms with van der Waals surface area (Å²) in [4.78, 5) is 35.2.